The number of rotatable bonds is 13. The van der Waals surface area contributed by atoms with Gasteiger partial charge in [-0.05, 0) is 42.8 Å². The molecule has 2 aromatic heterocycles. The Kier molecular flexibility index (Phi) is 10.8. The molecule has 254 valence electrons. The molecule has 0 spiro atoms. The van der Waals surface area contributed by atoms with E-state index in [0.29, 0.717) is 17.8 Å². The van der Waals surface area contributed by atoms with Gasteiger partial charge in [-0.15, -0.1) is 0 Å². The number of pyridine rings is 1. The molecule has 4 aromatic rings. The van der Waals surface area contributed by atoms with Crippen LogP contribution < -0.4 is 4.74 Å². The number of fused-ring (bicyclic) bond motifs is 1. The zero-order valence-electron chi connectivity index (χ0n) is 25.2. The number of hydrogen-bond acceptors (Lipinski definition) is 9. The second kappa shape index (κ2) is 15.0. The first-order chi connectivity index (χ1) is 23.0. The summed E-state index contributed by atoms with van der Waals surface area (Å²) in [5.41, 5.74) is -0.353. The quantitative estimate of drug-likeness (QED) is 0.0725. The average Bonchev–Trinajstić information content (AvgIpc) is 3.48. The number of esters is 1. The van der Waals surface area contributed by atoms with Gasteiger partial charge in [-0.3, -0.25) is 18.7 Å². The number of hydrazone groups is 1. The highest BCUT2D eigenvalue weighted by Crippen LogP contribution is 2.39. The van der Waals surface area contributed by atoms with E-state index in [0.717, 1.165) is 12.1 Å². The molecule has 0 bridgehead atoms. The number of imidazole rings is 1. The molecule has 1 aliphatic rings. The summed E-state index contributed by atoms with van der Waals surface area (Å²) in [6.45, 7) is 1.62. The molecule has 0 saturated heterocycles. The first kappa shape index (κ1) is 34.6. The Morgan fingerprint density at radius 2 is 1.92 bits per heavy atom. The Hall–Kier alpha value is -4.74. The molecule has 5 rings (SSSR count). The van der Waals surface area contributed by atoms with Gasteiger partial charge in [0.1, 0.15) is 17.3 Å². The third-order valence-electron chi connectivity index (χ3n) is 7.05. The van der Waals surface area contributed by atoms with Gasteiger partial charge in [-0.25, -0.2) is 18.6 Å². The minimum atomic E-state index is -4.71. The first-order valence-corrected chi connectivity index (χ1v) is 15.5. The SMILES string of the molecule is CCCOc1ccc(-c2ccc(C(C(=O)OCCCOS(=O)O)N3Cc4[nH]c(-c5cccc(F)c5F)nc4C=N3)cn2)c(C(F)(F)F)c1. The molecular formula is C31H28F5N5O6S. The van der Waals surface area contributed by atoms with E-state index < -0.39 is 46.7 Å². The minimum absolute atomic E-state index is 0.0193. The van der Waals surface area contributed by atoms with Gasteiger partial charge in [0.15, 0.2) is 17.7 Å². The number of aromatic nitrogens is 3. The Bertz CT molecular complexity index is 1820. The molecule has 0 fully saturated rings. The summed E-state index contributed by atoms with van der Waals surface area (Å²) in [7, 11) is 0. The van der Waals surface area contributed by atoms with Crippen molar-refractivity contribution in [2.45, 2.75) is 38.5 Å². The molecular weight excluding hydrogens is 665 g/mol. The molecule has 2 atom stereocenters. The van der Waals surface area contributed by atoms with Gasteiger partial charge >= 0.3 is 23.5 Å². The number of nitrogens with one attached hydrogen (secondary N) is 1. The fraction of sp³-hybridized carbons (Fsp3) is 0.290. The van der Waals surface area contributed by atoms with Crippen molar-refractivity contribution >= 4 is 23.5 Å². The summed E-state index contributed by atoms with van der Waals surface area (Å²) >= 11 is -2.49. The van der Waals surface area contributed by atoms with Crippen LogP contribution in [0.1, 0.15) is 48.3 Å². The molecule has 2 N–H and O–H groups in total. The Balaban J connectivity index is 1.43. The Labute approximate surface area is 273 Å². The number of alkyl halides is 3. The molecule has 48 heavy (non-hydrogen) atoms. The number of ether oxygens (including phenoxy) is 2. The molecule has 11 nitrogen and oxygen atoms in total. The standard InChI is InChI=1S/C31H28F5N5O6S/c1-2-11-45-19-8-9-20(22(14-19)31(34,35)36)24-10-7-18(15-37-24)28(30(42)46-12-4-13-47-48(43)44)41-17-26-25(16-38-41)39-29(40-26)21-5-3-6-23(32)27(21)33/h3,5-10,14-16,28H,2,4,11-13,17H2,1H3,(H,39,40)(H,43,44). The van der Waals surface area contributed by atoms with Crippen LogP contribution in [0.3, 0.4) is 0 Å². The van der Waals surface area contributed by atoms with E-state index in [1.165, 1.54) is 53.8 Å². The smallest absolute Gasteiger partial charge is 0.417 e. The number of hydrogen-bond donors (Lipinski definition) is 2. The lowest BCUT2D eigenvalue weighted by Gasteiger charge is -2.29. The summed E-state index contributed by atoms with van der Waals surface area (Å²) in [4.78, 5) is 24.9. The van der Waals surface area contributed by atoms with Gasteiger partial charge in [0, 0.05) is 23.7 Å². The Morgan fingerprint density at radius 3 is 2.62 bits per heavy atom. The topological polar surface area (TPSA) is 139 Å². The monoisotopic (exact) mass is 693 g/mol. The van der Waals surface area contributed by atoms with Crippen LogP contribution in [0.5, 0.6) is 5.75 Å². The minimum Gasteiger partial charge on any atom is -0.494 e. The second-order valence-electron chi connectivity index (χ2n) is 10.4. The number of aromatic amines is 1. The van der Waals surface area contributed by atoms with Crippen molar-refractivity contribution in [3.8, 4) is 28.4 Å². The normalized spacial score (nSPS) is 14.0. The molecule has 1 aliphatic heterocycles. The van der Waals surface area contributed by atoms with Gasteiger partial charge in [-0.2, -0.15) is 22.5 Å². The van der Waals surface area contributed by atoms with E-state index in [1.54, 1.807) is 0 Å². The van der Waals surface area contributed by atoms with Gasteiger partial charge < -0.3 is 14.5 Å². The number of H-pyrrole nitrogens is 1. The maximum atomic E-state index is 14.5. The largest absolute Gasteiger partial charge is 0.494 e. The predicted molar refractivity (Wildman–Crippen MR) is 163 cm³/mol. The highest BCUT2D eigenvalue weighted by atomic mass is 32.2. The zero-order valence-corrected chi connectivity index (χ0v) is 26.0. The summed E-state index contributed by atoms with van der Waals surface area (Å²) in [5, 5.41) is 5.62. The lowest BCUT2D eigenvalue weighted by Crippen LogP contribution is -2.33. The third-order valence-corrected chi connectivity index (χ3v) is 7.42. The molecule has 0 aliphatic carbocycles. The van der Waals surface area contributed by atoms with E-state index in [2.05, 4.69) is 24.2 Å². The van der Waals surface area contributed by atoms with E-state index in [1.807, 2.05) is 6.92 Å². The van der Waals surface area contributed by atoms with Crippen molar-refractivity contribution in [3.63, 3.8) is 0 Å². The van der Waals surface area contributed by atoms with Crippen LogP contribution in [-0.4, -0.2) is 60.7 Å². The first-order valence-electron chi connectivity index (χ1n) is 14.5. The fourth-order valence-corrected chi connectivity index (χ4v) is 5.10. The summed E-state index contributed by atoms with van der Waals surface area (Å²) < 4.78 is 105. The third kappa shape index (κ3) is 8.03. The molecule has 3 heterocycles. The Morgan fingerprint density at radius 1 is 1.10 bits per heavy atom. The van der Waals surface area contributed by atoms with Gasteiger partial charge in [0.25, 0.3) is 0 Å². The number of carbonyl (C=O) groups is 1. The van der Waals surface area contributed by atoms with E-state index in [-0.39, 0.29) is 66.7 Å². The van der Waals surface area contributed by atoms with Gasteiger partial charge in [0.2, 0.25) is 0 Å². The van der Waals surface area contributed by atoms with E-state index in [4.69, 9.17) is 14.0 Å². The van der Waals surface area contributed by atoms with Crippen LogP contribution in [0.2, 0.25) is 0 Å². The van der Waals surface area contributed by atoms with Crippen molar-refractivity contribution < 1.29 is 49.2 Å². The molecule has 0 amide bonds. The van der Waals surface area contributed by atoms with Crippen molar-refractivity contribution in [3.05, 3.63) is 88.9 Å². The van der Waals surface area contributed by atoms with Gasteiger partial charge in [0.05, 0.1) is 55.1 Å². The van der Waals surface area contributed by atoms with Crippen molar-refractivity contribution in [1.82, 2.24) is 20.0 Å². The van der Waals surface area contributed by atoms with Crippen molar-refractivity contribution in [2.24, 2.45) is 5.10 Å². The second-order valence-corrected chi connectivity index (χ2v) is 11.1. The number of halogens is 5. The lowest BCUT2D eigenvalue weighted by atomic mass is 10.0. The summed E-state index contributed by atoms with van der Waals surface area (Å²) in [5.74, 6) is -2.89. The van der Waals surface area contributed by atoms with Crippen LogP contribution in [-0.2, 0) is 37.8 Å². The van der Waals surface area contributed by atoms with Crippen LogP contribution in [0, 0.1) is 11.6 Å². The van der Waals surface area contributed by atoms with E-state index in [9.17, 15) is 31.0 Å². The fourth-order valence-electron chi connectivity index (χ4n) is 4.84. The van der Waals surface area contributed by atoms with E-state index >= 15 is 0 Å². The highest BCUT2D eigenvalue weighted by Gasteiger charge is 2.36. The molecule has 0 saturated carbocycles. The predicted octanol–water partition coefficient (Wildman–Crippen LogP) is 6.20. The van der Waals surface area contributed by atoms with Crippen LogP contribution >= 0.6 is 0 Å². The van der Waals surface area contributed by atoms with Gasteiger partial charge in [-0.1, -0.05) is 19.1 Å². The van der Waals surface area contributed by atoms with Crippen LogP contribution in [0.25, 0.3) is 22.6 Å². The number of nitrogens with zero attached hydrogens (tertiary/aromatic N) is 4. The molecule has 0 radical (unpaired) electrons. The highest BCUT2D eigenvalue weighted by molar-refractivity contribution is 7.74. The number of benzene rings is 2. The summed E-state index contributed by atoms with van der Waals surface area (Å²) in [6, 6.07) is 8.70. The van der Waals surface area contributed by atoms with Crippen molar-refractivity contribution in [2.75, 3.05) is 19.8 Å². The van der Waals surface area contributed by atoms with Crippen molar-refractivity contribution in [1.29, 1.82) is 0 Å². The zero-order chi connectivity index (χ0) is 34.4. The molecule has 17 heteroatoms. The lowest BCUT2D eigenvalue weighted by molar-refractivity contribution is -0.151. The number of carbonyl (C=O) groups excluding carboxylic acids is 1. The average molecular weight is 694 g/mol. The van der Waals surface area contributed by atoms with Crippen LogP contribution in [0.15, 0.2) is 59.8 Å². The van der Waals surface area contributed by atoms with Crippen LogP contribution in [0.4, 0.5) is 22.0 Å². The maximum Gasteiger partial charge on any atom is 0.417 e. The molecule has 2 aromatic carbocycles. The maximum absolute atomic E-state index is 14.5. The molecule has 2 unspecified atom stereocenters. The summed E-state index contributed by atoms with van der Waals surface area (Å²) in [6.07, 6.45) is -1.48.